The molecule has 0 bridgehead atoms. The van der Waals surface area contributed by atoms with Gasteiger partial charge in [0.05, 0.1) is 0 Å². The number of benzene rings is 1. The summed E-state index contributed by atoms with van der Waals surface area (Å²) in [5.41, 5.74) is 5.98. The van der Waals surface area contributed by atoms with E-state index in [1.165, 1.54) is 18.2 Å². The minimum Gasteiger partial charge on any atom is -0.399 e. The fraction of sp³-hybridized carbons (Fsp3) is 0.231. The fourth-order valence-corrected chi connectivity index (χ4v) is 1.81. The van der Waals surface area contributed by atoms with Gasteiger partial charge >= 0.3 is 0 Å². The maximum Gasteiger partial charge on any atom is 0.228 e. The zero-order valence-electron chi connectivity index (χ0n) is 10.1. The Balaban J connectivity index is 2.38. The van der Waals surface area contributed by atoms with Crippen LogP contribution in [-0.2, 0) is 6.54 Å². The summed E-state index contributed by atoms with van der Waals surface area (Å²) in [7, 11) is 0. The molecule has 1 aromatic heterocycles. The molecule has 0 saturated carbocycles. The summed E-state index contributed by atoms with van der Waals surface area (Å²) in [6, 6.07) is 3.80. The van der Waals surface area contributed by atoms with E-state index in [-0.39, 0.29) is 17.0 Å². The van der Waals surface area contributed by atoms with E-state index in [9.17, 15) is 9.18 Å². The number of carbonyl (C=O) groups is 1. The molecule has 0 aliphatic carbocycles. The quantitative estimate of drug-likeness (QED) is 0.665. The Kier molecular flexibility index (Phi) is 3.41. The van der Waals surface area contributed by atoms with E-state index in [2.05, 4.69) is 4.98 Å². The lowest BCUT2D eigenvalue weighted by molar-refractivity contribution is 0.102. The molecule has 0 atom stereocenters. The summed E-state index contributed by atoms with van der Waals surface area (Å²) >= 11 is 0. The first kappa shape index (κ1) is 12.3. The normalized spacial score (nSPS) is 10.6. The standard InChI is InChI=1S/C13H14FN3O/c1-2-4-17-5-3-16-13(17)12(18)9-6-10(14)8-11(15)7-9/h3,5-8H,2,4,15H2,1H3. The number of rotatable bonds is 4. The molecular formula is C13H14FN3O. The predicted molar refractivity (Wildman–Crippen MR) is 66.8 cm³/mol. The summed E-state index contributed by atoms with van der Waals surface area (Å²) < 4.78 is 15.0. The van der Waals surface area contributed by atoms with Crippen LogP contribution in [0.2, 0.25) is 0 Å². The second-order valence-corrected chi connectivity index (χ2v) is 4.05. The average Bonchev–Trinajstić information content (AvgIpc) is 2.75. The monoisotopic (exact) mass is 247 g/mol. The van der Waals surface area contributed by atoms with Gasteiger partial charge in [0.15, 0.2) is 5.82 Å². The van der Waals surface area contributed by atoms with Gasteiger partial charge in [0.25, 0.3) is 0 Å². The highest BCUT2D eigenvalue weighted by atomic mass is 19.1. The lowest BCUT2D eigenvalue weighted by atomic mass is 10.1. The van der Waals surface area contributed by atoms with Gasteiger partial charge in [-0.1, -0.05) is 6.92 Å². The number of aromatic nitrogens is 2. The van der Waals surface area contributed by atoms with Crippen LogP contribution in [0, 0.1) is 5.82 Å². The number of nitrogen functional groups attached to an aromatic ring is 1. The lowest BCUT2D eigenvalue weighted by Gasteiger charge is -2.06. The van der Waals surface area contributed by atoms with Crippen molar-refractivity contribution >= 4 is 11.5 Å². The van der Waals surface area contributed by atoms with Crippen molar-refractivity contribution in [2.24, 2.45) is 0 Å². The molecule has 4 nitrogen and oxygen atoms in total. The number of hydrogen-bond donors (Lipinski definition) is 1. The second kappa shape index (κ2) is 5.00. The van der Waals surface area contributed by atoms with E-state index >= 15 is 0 Å². The molecule has 2 rings (SSSR count). The van der Waals surface area contributed by atoms with Crippen LogP contribution < -0.4 is 5.73 Å². The highest BCUT2D eigenvalue weighted by Crippen LogP contribution is 2.14. The molecule has 0 saturated heterocycles. The highest BCUT2D eigenvalue weighted by molar-refractivity contribution is 6.07. The molecule has 0 fully saturated rings. The van der Waals surface area contributed by atoms with Crippen LogP contribution in [0.25, 0.3) is 0 Å². The molecule has 0 radical (unpaired) electrons. The molecule has 0 unspecified atom stereocenters. The van der Waals surface area contributed by atoms with Crippen LogP contribution in [0.1, 0.15) is 29.5 Å². The van der Waals surface area contributed by atoms with Gasteiger partial charge in [-0.15, -0.1) is 0 Å². The van der Waals surface area contributed by atoms with Gasteiger partial charge in [0.1, 0.15) is 5.82 Å². The first-order valence-corrected chi connectivity index (χ1v) is 5.73. The van der Waals surface area contributed by atoms with Gasteiger partial charge in [-0.25, -0.2) is 9.37 Å². The maximum atomic E-state index is 13.2. The number of halogens is 1. The van der Waals surface area contributed by atoms with Crippen molar-refractivity contribution in [2.75, 3.05) is 5.73 Å². The van der Waals surface area contributed by atoms with Crippen molar-refractivity contribution < 1.29 is 9.18 Å². The molecule has 0 aliphatic heterocycles. The van der Waals surface area contributed by atoms with Crippen molar-refractivity contribution in [3.63, 3.8) is 0 Å². The Morgan fingerprint density at radius 1 is 1.44 bits per heavy atom. The van der Waals surface area contributed by atoms with Crippen molar-refractivity contribution in [3.05, 3.63) is 47.8 Å². The number of anilines is 1. The van der Waals surface area contributed by atoms with Gasteiger partial charge in [0.2, 0.25) is 5.78 Å². The first-order valence-electron chi connectivity index (χ1n) is 5.73. The summed E-state index contributed by atoms with van der Waals surface area (Å²) in [5.74, 6) is -0.534. The van der Waals surface area contributed by atoms with Crippen molar-refractivity contribution in [2.45, 2.75) is 19.9 Å². The third-order valence-corrected chi connectivity index (χ3v) is 2.57. The number of ketones is 1. The molecule has 0 amide bonds. The number of aryl methyl sites for hydroxylation is 1. The Labute approximate surface area is 104 Å². The van der Waals surface area contributed by atoms with Gasteiger partial charge in [-0.3, -0.25) is 4.79 Å². The van der Waals surface area contributed by atoms with E-state index in [4.69, 9.17) is 5.73 Å². The molecule has 1 aromatic carbocycles. The van der Waals surface area contributed by atoms with Gasteiger partial charge in [-0.05, 0) is 24.6 Å². The van der Waals surface area contributed by atoms with Crippen LogP contribution >= 0.6 is 0 Å². The topological polar surface area (TPSA) is 60.9 Å². The minimum atomic E-state index is -0.521. The number of nitrogens with zero attached hydrogens (tertiary/aromatic N) is 2. The molecule has 0 aliphatic rings. The molecule has 2 aromatic rings. The Morgan fingerprint density at radius 2 is 2.22 bits per heavy atom. The van der Waals surface area contributed by atoms with E-state index < -0.39 is 5.82 Å². The van der Waals surface area contributed by atoms with Crippen LogP contribution in [0.15, 0.2) is 30.6 Å². The lowest BCUT2D eigenvalue weighted by Crippen LogP contribution is -2.11. The smallest absolute Gasteiger partial charge is 0.228 e. The number of carbonyl (C=O) groups excluding carboxylic acids is 1. The first-order chi connectivity index (χ1) is 8.61. The molecule has 94 valence electrons. The SMILES string of the molecule is CCCn1ccnc1C(=O)c1cc(N)cc(F)c1. The molecule has 0 spiro atoms. The van der Waals surface area contributed by atoms with Gasteiger partial charge in [0, 0.05) is 30.2 Å². The van der Waals surface area contributed by atoms with Crippen molar-refractivity contribution in [1.29, 1.82) is 0 Å². The Morgan fingerprint density at radius 3 is 2.89 bits per heavy atom. The van der Waals surface area contributed by atoms with Crippen LogP contribution in [-0.4, -0.2) is 15.3 Å². The summed E-state index contributed by atoms with van der Waals surface area (Å²) in [4.78, 5) is 16.2. The van der Waals surface area contributed by atoms with Crippen LogP contribution in [0.5, 0.6) is 0 Å². The third-order valence-electron chi connectivity index (χ3n) is 2.57. The maximum absolute atomic E-state index is 13.2. The minimum absolute atomic E-state index is 0.219. The van der Waals surface area contributed by atoms with E-state index in [0.717, 1.165) is 6.42 Å². The third kappa shape index (κ3) is 2.40. The fourth-order valence-electron chi connectivity index (χ4n) is 1.81. The Bertz CT molecular complexity index is 557. The molecular weight excluding hydrogens is 233 g/mol. The zero-order chi connectivity index (χ0) is 13.1. The predicted octanol–water partition coefficient (Wildman–Crippen LogP) is 2.25. The van der Waals surface area contributed by atoms with E-state index in [1.54, 1.807) is 17.0 Å². The Hall–Kier alpha value is -2.17. The summed E-state index contributed by atoms with van der Waals surface area (Å²) in [6.07, 6.45) is 4.19. The summed E-state index contributed by atoms with van der Waals surface area (Å²) in [6.45, 7) is 2.71. The zero-order valence-corrected chi connectivity index (χ0v) is 10.1. The van der Waals surface area contributed by atoms with Crippen molar-refractivity contribution in [3.8, 4) is 0 Å². The molecule has 5 heteroatoms. The molecule has 18 heavy (non-hydrogen) atoms. The van der Waals surface area contributed by atoms with Crippen molar-refractivity contribution in [1.82, 2.24) is 9.55 Å². The van der Waals surface area contributed by atoms with Crippen LogP contribution in [0.4, 0.5) is 10.1 Å². The van der Waals surface area contributed by atoms with Gasteiger partial charge < -0.3 is 10.3 Å². The van der Waals surface area contributed by atoms with Gasteiger partial charge in [-0.2, -0.15) is 0 Å². The number of imidazole rings is 1. The van der Waals surface area contributed by atoms with Crippen LogP contribution in [0.3, 0.4) is 0 Å². The molecule has 2 N–H and O–H groups in total. The van der Waals surface area contributed by atoms with E-state index in [1.807, 2.05) is 6.92 Å². The average molecular weight is 247 g/mol. The highest BCUT2D eigenvalue weighted by Gasteiger charge is 2.16. The van der Waals surface area contributed by atoms with E-state index in [0.29, 0.717) is 12.4 Å². The molecule has 1 heterocycles. The number of hydrogen-bond acceptors (Lipinski definition) is 3. The summed E-state index contributed by atoms with van der Waals surface area (Å²) in [5, 5.41) is 0. The number of nitrogens with two attached hydrogens (primary N) is 1. The largest absolute Gasteiger partial charge is 0.399 e. The second-order valence-electron chi connectivity index (χ2n) is 4.05.